The van der Waals surface area contributed by atoms with E-state index in [-0.39, 0.29) is 25.5 Å². The Morgan fingerprint density at radius 3 is 2.82 bits per heavy atom. The van der Waals surface area contributed by atoms with Gasteiger partial charge >= 0.3 is 5.97 Å². The summed E-state index contributed by atoms with van der Waals surface area (Å²) in [7, 11) is 0. The van der Waals surface area contributed by atoms with Crippen molar-refractivity contribution >= 4 is 23.2 Å². The van der Waals surface area contributed by atoms with E-state index in [2.05, 4.69) is 10.3 Å². The number of hydrogen-bond acceptors (Lipinski definition) is 5. The fourth-order valence-corrected chi connectivity index (χ4v) is 2.38. The average molecular weight is 320 g/mol. The van der Waals surface area contributed by atoms with Crippen LogP contribution in [0.25, 0.3) is 0 Å². The number of ether oxygens (including phenoxy) is 1. The first-order chi connectivity index (χ1) is 10.6. The van der Waals surface area contributed by atoms with Crippen LogP contribution >= 0.6 is 11.3 Å². The fourth-order valence-electron chi connectivity index (χ4n) is 1.78. The number of rotatable bonds is 7. The van der Waals surface area contributed by atoms with Crippen LogP contribution in [-0.2, 0) is 11.4 Å². The number of thiazole rings is 1. The molecule has 1 heterocycles. The zero-order valence-corrected chi connectivity index (χ0v) is 12.9. The third-order valence-electron chi connectivity index (χ3n) is 2.80. The summed E-state index contributed by atoms with van der Waals surface area (Å²) < 4.78 is 5.65. The van der Waals surface area contributed by atoms with Crippen molar-refractivity contribution in [3.05, 3.63) is 45.9 Å². The van der Waals surface area contributed by atoms with Gasteiger partial charge in [-0.3, -0.25) is 9.59 Å². The van der Waals surface area contributed by atoms with Crippen LogP contribution in [0.5, 0.6) is 5.75 Å². The number of carboxylic acid groups (broad SMARTS) is 1. The van der Waals surface area contributed by atoms with E-state index in [9.17, 15) is 9.59 Å². The molecule has 0 atom stereocenters. The summed E-state index contributed by atoms with van der Waals surface area (Å²) in [5, 5.41) is 14.0. The smallest absolute Gasteiger partial charge is 0.305 e. The number of carboxylic acids is 1. The topological polar surface area (TPSA) is 88.5 Å². The van der Waals surface area contributed by atoms with Gasteiger partial charge in [-0.25, -0.2) is 4.98 Å². The van der Waals surface area contributed by atoms with E-state index in [1.165, 1.54) is 11.3 Å². The summed E-state index contributed by atoms with van der Waals surface area (Å²) >= 11 is 1.54. The largest absolute Gasteiger partial charge is 0.486 e. The molecule has 0 saturated heterocycles. The molecule has 0 radical (unpaired) electrons. The Bertz CT molecular complexity index is 669. The lowest BCUT2D eigenvalue weighted by atomic mass is 10.2. The quantitative estimate of drug-likeness (QED) is 0.817. The van der Waals surface area contributed by atoms with E-state index in [1.807, 2.05) is 12.3 Å². The minimum Gasteiger partial charge on any atom is -0.486 e. The van der Waals surface area contributed by atoms with Crippen LogP contribution in [0, 0.1) is 6.92 Å². The van der Waals surface area contributed by atoms with Crippen molar-refractivity contribution in [3.63, 3.8) is 0 Å². The first kappa shape index (κ1) is 16.0. The van der Waals surface area contributed by atoms with Crippen LogP contribution in [-0.4, -0.2) is 28.5 Å². The van der Waals surface area contributed by atoms with Crippen LogP contribution in [0.4, 0.5) is 0 Å². The van der Waals surface area contributed by atoms with Gasteiger partial charge in [0.05, 0.1) is 22.7 Å². The lowest BCUT2D eigenvalue weighted by Crippen LogP contribution is -2.26. The van der Waals surface area contributed by atoms with Crippen LogP contribution < -0.4 is 10.1 Å². The summed E-state index contributed by atoms with van der Waals surface area (Å²) in [6.07, 6.45) is -0.118. The van der Waals surface area contributed by atoms with Gasteiger partial charge in [0.25, 0.3) is 5.91 Å². The van der Waals surface area contributed by atoms with E-state index in [0.29, 0.717) is 11.3 Å². The molecule has 1 amide bonds. The Labute approximate surface area is 131 Å². The predicted molar refractivity (Wildman–Crippen MR) is 82.2 cm³/mol. The summed E-state index contributed by atoms with van der Waals surface area (Å²) in [4.78, 5) is 26.8. The fraction of sp³-hybridized carbons (Fsp3) is 0.267. The third kappa shape index (κ3) is 4.56. The number of amides is 1. The van der Waals surface area contributed by atoms with E-state index in [0.717, 1.165) is 10.7 Å². The molecule has 0 saturated carbocycles. The summed E-state index contributed by atoms with van der Waals surface area (Å²) in [6, 6.07) is 6.84. The maximum atomic E-state index is 12.1. The number of aliphatic carboxylic acids is 1. The Hall–Kier alpha value is -2.41. The van der Waals surface area contributed by atoms with Crippen molar-refractivity contribution in [2.45, 2.75) is 20.0 Å². The lowest BCUT2D eigenvalue weighted by Gasteiger charge is -2.10. The second kappa shape index (κ2) is 7.56. The molecular formula is C15H16N2O4S. The monoisotopic (exact) mass is 320 g/mol. The maximum absolute atomic E-state index is 12.1. The van der Waals surface area contributed by atoms with Crippen molar-refractivity contribution in [1.29, 1.82) is 0 Å². The highest BCUT2D eigenvalue weighted by atomic mass is 32.1. The summed E-state index contributed by atoms with van der Waals surface area (Å²) in [5.41, 5.74) is 1.18. The first-order valence-corrected chi connectivity index (χ1v) is 7.57. The number of nitrogens with one attached hydrogen (secondary N) is 1. The predicted octanol–water partition coefficient (Wildman–Crippen LogP) is 2.24. The van der Waals surface area contributed by atoms with Crippen molar-refractivity contribution in [1.82, 2.24) is 10.3 Å². The molecular weight excluding hydrogens is 304 g/mol. The van der Waals surface area contributed by atoms with Crippen LogP contribution in [0.1, 0.15) is 27.5 Å². The van der Waals surface area contributed by atoms with Gasteiger partial charge in [0, 0.05) is 11.9 Å². The number of para-hydroxylation sites is 1. The number of carbonyl (C=O) groups excluding carboxylic acids is 1. The lowest BCUT2D eigenvalue weighted by molar-refractivity contribution is -0.136. The third-order valence-corrected chi connectivity index (χ3v) is 3.62. The Morgan fingerprint density at radius 2 is 2.14 bits per heavy atom. The molecule has 7 heteroatoms. The van der Waals surface area contributed by atoms with Crippen molar-refractivity contribution in [2.75, 3.05) is 6.54 Å². The van der Waals surface area contributed by atoms with E-state index < -0.39 is 5.97 Å². The second-order valence-corrected chi connectivity index (χ2v) is 5.60. The zero-order chi connectivity index (χ0) is 15.9. The van der Waals surface area contributed by atoms with Crippen LogP contribution in [0.3, 0.4) is 0 Å². The number of hydrogen-bond donors (Lipinski definition) is 2. The Morgan fingerprint density at radius 1 is 1.36 bits per heavy atom. The average Bonchev–Trinajstić information content (AvgIpc) is 2.90. The normalized spacial score (nSPS) is 10.2. The molecule has 1 aromatic heterocycles. The van der Waals surface area contributed by atoms with Gasteiger partial charge in [-0.1, -0.05) is 12.1 Å². The second-order valence-electron chi connectivity index (χ2n) is 4.54. The minimum absolute atomic E-state index is 0.0772. The molecule has 0 unspecified atom stereocenters. The highest BCUT2D eigenvalue weighted by Crippen LogP contribution is 2.19. The number of benzene rings is 1. The molecule has 0 bridgehead atoms. The molecule has 1 aromatic carbocycles. The molecule has 2 aromatic rings. The van der Waals surface area contributed by atoms with Gasteiger partial charge in [0.1, 0.15) is 12.4 Å². The summed E-state index contributed by atoms with van der Waals surface area (Å²) in [6.45, 7) is 2.27. The SMILES string of the molecule is Cc1nc(COc2ccccc2C(=O)NCCC(=O)O)cs1. The Balaban J connectivity index is 1.99. The van der Waals surface area contributed by atoms with Gasteiger partial charge in [-0.15, -0.1) is 11.3 Å². The van der Waals surface area contributed by atoms with E-state index in [4.69, 9.17) is 9.84 Å². The molecule has 0 aliphatic rings. The highest BCUT2D eigenvalue weighted by Gasteiger charge is 2.12. The standard InChI is InChI=1S/C15H16N2O4S/c1-10-17-11(9-22-10)8-21-13-5-3-2-4-12(13)15(20)16-7-6-14(18)19/h2-5,9H,6-8H2,1H3,(H,16,20)(H,18,19). The van der Waals surface area contributed by atoms with Gasteiger partial charge in [-0.05, 0) is 19.1 Å². The van der Waals surface area contributed by atoms with Gasteiger partial charge in [0.15, 0.2) is 0 Å². The van der Waals surface area contributed by atoms with Crippen LogP contribution in [0.15, 0.2) is 29.6 Å². The van der Waals surface area contributed by atoms with Crippen LogP contribution in [0.2, 0.25) is 0 Å². The molecule has 0 aliphatic carbocycles. The molecule has 6 nitrogen and oxygen atoms in total. The Kier molecular flexibility index (Phi) is 5.48. The number of aromatic nitrogens is 1. The van der Waals surface area contributed by atoms with E-state index >= 15 is 0 Å². The first-order valence-electron chi connectivity index (χ1n) is 6.69. The van der Waals surface area contributed by atoms with Gasteiger partial charge < -0.3 is 15.2 Å². The molecule has 0 fully saturated rings. The molecule has 0 spiro atoms. The van der Waals surface area contributed by atoms with E-state index in [1.54, 1.807) is 24.3 Å². The number of nitrogens with zero attached hydrogens (tertiary/aromatic N) is 1. The molecule has 22 heavy (non-hydrogen) atoms. The highest BCUT2D eigenvalue weighted by molar-refractivity contribution is 7.09. The summed E-state index contributed by atoms with van der Waals surface area (Å²) in [5.74, 6) is -0.865. The van der Waals surface area contributed by atoms with Crippen molar-refractivity contribution < 1.29 is 19.4 Å². The maximum Gasteiger partial charge on any atom is 0.305 e. The number of aryl methyl sites for hydroxylation is 1. The minimum atomic E-state index is -0.955. The van der Waals surface area contributed by atoms with Gasteiger partial charge in [0.2, 0.25) is 0 Å². The molecule has 2 rings (SSSR count). The molecule has 116 valence electrons. The number of carbonyl (C=O) groups is 2. The van der Waals surface area contributed by atoms with Crippen molar-refractivity contribution in [2.24, 2.45) is 0 Å². The zero-order valence-electron chi connectivity index (χ0n) is 12.0. The molecule has 0 aliphatic heterocycles. The molecule has 2 N–H and O–H groups in total. The van der Waals surface area contributed by atoms with Crippen molar-refractivity contribution in [3.8, 4) is 5.75 Å². The van der Waals surface area contributed by atoms with Gasteiger partial charge in [-0.2, -0.15) is 0 Å².